The molecule has 1 aromatic carbocycles. The SMILES string of the molecule is O=C(O)C1CCC(=O)N(C2CCCC2)C1c1ccccc1. The molecule has 0 bridgehead atoms. The molecular formula is C17H21NO3. The van der Waals surface area contributed by atoms with E-state index in [4.69, 9.17) is 0 Å². The first-order valence-electron chi connectivity index (χ1n) is 7.77. The molecular weight excluding hydrogens is 266 g/mol. The van der Waals surface area contributed by atoms with E-state index in [-0.39, 0.29) is 18.0 Å². The van der Waals surface area contributed by atoms with E-state index in [1.807, 2.05) is 35.2 Å². The first-order chi connectivity index (χ1) is 10.2. The standard InChI is InChI=1S/C17H21NO3/c19-15-11-10-14(17(20)21)16(12-6-2-1-3-7-12)18(15)13-8-4-5-9-13/h1-3,6-7,13-14,16H,4-5,8-11H2,(H,20,21). The molecule has 1 aromatic rings. The van der Waals surface area contributed by atoms with Crippen molar-refractivity contribution in [2.45, 2.75) is 50.6 Å². The molecule has 1 aliphatic carbocycles. The zero-order valence-corrected chi connectivity index (χ0v) is 12.1. The van der Waals surface area contributed by atoms with Gasteiger partial charge in [-0.15, -0.1) is 0 Å². The van der Waals surface area contributed by atoms with Gasteiger partial charge in [0, 0.05) is 12.5 Å². The van der Waals surface area contributed by atoms with Gasteiger partial charge in [-0.3, -0.25) is 9.59 Å². The Bertz CT molecular complexity index is 522. The maximum atomic E-state index is 12.5. The molecule has 0 radical (unpaired) electrons. The van der Waals surface area contributed by atoms with Crippen molar-refractivity contribution in [3.05, 3.63) is 35.9 Å². The number of carbonyl (C=O) groups is 2. The number of benzene rings is 1. The molecule has 0 aromatic heterocycles. The van der Waals surface area contributed by atoms with Crippen LogP contribution in [-0.4, -0.2) is 27.9 Å². The molecule has 1 amide bonds. The molecule has 4 heteroatoms. The lowest BCUT2D eigenvalue weighted by atomic mass is 9.83. The predicted octanol–water partition coefficient (Wildman–Crippen LogP) is 2.99. The largest absolute Gasteiger partial charge is 0.481 e. The first kappa shape index (κ1) is 14.1. The average Bonchev–Trinajstić information content (AvgIpc) is 3.01. The van der Waals surface area contributed by atoms with Crippen molar-refractivity contribution < 1.29 is 14.7 Å². The van der Waals surface area contributed by atoms with Gasteiger partial charge in [0.15, 0.2) is 0 Å². The Labute approximate surface area is 124 Å². The van der Waals surface area contributed by atoms with Crippen molar-refractivity contribution in [3.63, 3.8) is 0 Å². The van der Waals surface area contributed by atoms with Crippen molar-refractivity contribution in [1.82, 2.24) is 4.90 Å². The molecule has 2 unspecified atom stereocenters. The van der Waals surface area contributed by atoms with Gasteiger partial charge < -0.3 is 10.0 Å². The van der Waals surface area contributed by atoms with Gasteiger partial charge >= 0.3 is 5.97 Å². The van der Waals surface area contributed by atoms with Crippen LogP contribution < -0.4 is 0 Å². The molecule has 1 saturated carbocycles. The van der Waals surface area contributed by atoms with Gasteiger partial charge in [-0.2, -0.15) is 0 Å². The lowest BCUT2D eigenvalue weighted by molar-refractivity contribution is -0.154. The Morgan fingerprint density at radius 3 is 2.38 bits per heavy atom. The van der Waals surface area contributed by atoms with Crippen molar-refractivity contribution >= 4 is 11.9 Å². The van der Waals surface area contributed by atoms with E-state index in [1.54, 1.807) is 0 Å². The van der Waals surface area contributed by atoms with E-state index in [0.717, 1.165) is 31.2 Å². The molecule has 112 valence electrons. The minimum Gasteiger partial charge on any atom is -0.481 e. The third-order valence-electron chi connectivity index (χ3n) is 4.81. The van der Waals surface area contributed by atoms with Crippen LogP contribution in [0.25, 0.3) is 0 Å². The average molecular weight is 287 g/mol. The fourth-order valence-corrected chi connectivity index (χ4v) is 3.83. The number of likely N-dealkylation sites (tertiary alicyclic amines) is 1. The summed E-state index contributed by atoms with van der Waals surface area (Å²) >= 11 is 0. The first-order valence-corrected chi connectivity index (χ1v) is 7.77. The highest BCUT2D eigenvalue weighted by Crippen LogP contribution is 2.41. The molecule has 1 N–H and O–H groups in total. The summed E-state index contributed by atoms with van der Waals surface area (Å²) in [5.41, 5.74) is 0.949. The summed E-state index contributed by atoms with van der Waals surface area (Å²) in [6.45, 7) is 0. The van der Waals surface area contributed by atoms with E-state index in [0.29, 0.717) is 12.8 Å². The number of amides is 1. The number of carboxylic acid groups (broad SMARTS) is 1. The van der Waals surface area contributed by atoms with Gasteiger partial charge in [-0.1, -0.05) is 43.2 Å². The summed E-state index contributed by atoms with van der Waals surface area (Å²) in [5.74, 6) is -1.17. The van der Waals surface area contributed by atoms with Crippen LogP contribution in [0.15, 0.2) is 30.3 Å². The Hall–Kier alpha value is -1.84. The lowest BCUT2D eigenvalue weighted by Crippen LogP contribution is -2.49. The van der Waals surface area contributed by atoms with Crippen molar-refractivity contribution in [2.24, 2.45) is 5.92 Å². The third-order valence-corrected chi connectivity index (χ3v) is 4.81. The summed E-state index contributed by atoms with van der Waals surface area (Å²) < 4.78 is 0. The topological polar surface area (TPSA) is 57.6 Å². The smallest absolute Gasteiger partial charge is 0.308 e. The zero-order chi connectivity index (χ0) is 14.8. The van der Waals surface area contributed by atoms with Gasteiger partial charge in [-0.25, -0.2) is 0 Å². The van der Waals surface area contributed by atoms with Crippen molar-refractivity contribution in [3.8, 4) is 0 Å². The summed E-state index contributed by atoms with van der Waals surface area (Å²) in [6.07, 6.45) is 5.07. The van der Waals surface area contributed by atoms with Gasteiger partial charge in [0.2, 0.25) is 5.91 Å². The molecule has 0 spiro atoms. The Kier molecular flexibility index (Phi) is 3.95. The predicted molar refractivity (Wildman–Crippen MR) is 78.6 cm³/mol. The zero-order valence-electron chi connectivity index (χ0n) is 12.1. The highest BCUT2D eigenvalue weighted by molar-refractivity contribution is 5.82. The molecule has 2 fully saturated rings. The molecule has 1 aliphatic heterocycles. The van der Waals surface area contributed by atoms with E-state index in [9.17, 15) is 14.7 Å². The monoisotopic (exact) mass is 287 g/mol. The second-order valence-electron chi connectivity index (χ2n) is 6.08. The van der Waals surface area contributed by atoms with Crippen LogP contribution in [0, 0.1) is 5.92 Å². The highest BCUT2D eigenvalue weighted by Gasteiger charge is 2.43. The van der Waals surface area contributed by atoms with Gasteiger partial charge in [0.1, 0.15) is 0 Å². The summed E-state index contributed by atoms with van der Waals surface area (Å²) in [7, 11) is 0. The molecule has 3 rings (SSSR count). The van der Waals surface area contributed by atoms with Crippen molar-refractivity contribution in [2.75, 3.05) is 0 Å². The van der Waals surface area contributed by atoms with Crippen LogP contribution in [0.5, 0.6) is 0 Å². The number of aliphatic carboxylic acids is 1. The molecule has 1 heterocycles. The van der Waals surface area contributed by atoms with Crippen molar-refractivity contribution in [1.29, 1.82) is 0 Å². The van der Waals surface area contributed by atoms with E-state index < -0.39 is 11.9 Å². The molecule has 1 saturated heterocycles. The number of nitrogens with zero attached hydrogens (tertiary/aromatic N) is 1. The summed E-state index contributed by atoms with van der Waals surface area (Å²) in [5, 5.41) is 9.58. The molecule has 2 aliphatic rings. The van der Waals surface area contributed by atoms with Gasteiger partial charge in [0.25, 0.3) is 0 Å². The molecule has 4 nitrogen and oxygen atoms in total. The van der Waals surface area contributed by atoms with Crippen LogP contribution in [0.4, 0.5) is 0 Å². The molecule has 2 atom stereocenters. The number of hydrogen-bond acceptors (Lipinski definition) is 2. The Morgan fingerprint density at radius 1 is 1.10 bits per heavy atom. The quantitative estimate of drug-likeness (QED) is 0.929. The second-order valence-corrected chi connectivity index (χ2v) is 6.08. The fraction of sp³-hybridized carbons (Fsp3) is 0.529. The minimum absolute atomic E-state index is 0.119. The fourth-order valence-electron chi connectivity index (χ4n) is 3.83. The maximum absolute atomic E-state index is 12.5. The Balaban J connectivity index is 1.99. The third kappa shape index (κ3) is 2.67. The van der Waals surface area contributed by atoms with Crippen LogP contribution in [0.1, 0.15) is 50.1 Å². The number of rotatable bonds is 3. The second kappa shape index (κ2) is 5.88. The number of piperidine rings is 1. The van der Waals surface area contributed by atoms with E-state index in [1.165, 1.54) is 0 Å². The van der Waals surface area contributed by atoms with Gasteiger partial charge in [0.05, 0.1) is 12.0 Å². The number of carboxylic acids is 1. The highest BCUT2D eigenvalue weighted by atomic mass is 16.4. The van der Waals surface area contributed by atoms with Crippen LogP contribution in [-0.2, 0) is 9.59 Å². The minimum atomic E-state index is -0.792. The Morgan fingerprint density at radius 2 is 1.76 bits per heavy atom. The number of hydrogen-bond donors (Lipinski definition) is 1. The maximum Gasteiger partial charge on any atom is 0.308 e. The molecule has 21 heavy (non-hydrogen) atoms. The summed E-state index contributed by atoms with van der Waals surface area (Å²) in [6, 6.07) is 9.55. The van der Waals surface area contributed by atoms with Crippen LogP contribution >= 0.6 is 0 Å². The normalized spacial score (nSPS) is 27.0. The van der Waals surface area contributed by atoms with E-state index >= 15 is 0 Å². The lowest BCUT2D eigenvalue weighted by Gasteiger charge is -2.43. The number of carbonyl (C=O) groups excluding carboxylic acids is 1. The summed E-state index contributed by atoms with van der Waals surface area (Å²) in [4.78, 5) is 26.0. The van der Waals surface area contributed by atoms with Crippen LogP contribution in [0.2, 0.25) is 0 Å². The van der Waals surface area contributed by atoms with Gasteiger partial charge in [-0.05, 0) is 24.8 Å². The van der Waals surface area contributed by atoms with Crippen LogP contribution in [0.3, 0.4) is 0 Å². The van der Waals surface area contributed by atoms with E-state index in [2.05, 4.69) is 0 Å².